The van der Waals surface area contributed by atoms with Crippen molar-refractivity contribution >= 4 is 23.2 Å². The zero-order valence-corrected chi connectivity index (χ0v) is 15.7. The SMILES string of the molecule is CCNC(=O)[C@@H](C)NC(=O)CN[C@H](c1ccc(C)cc1)c1cccs1. The smallest absolute Gasteiger partial charge is 0.242 e. The van der Waals surface area contributed by atoms with E-state index in [9.17, 15) is 9.59 Å². The molecule has 0 unspecified atom stereocenters. The first-order chi connectivity index (χ1) is 12.0. The summed E-state index contributed by atoms with van der Waals surface area (Å²) in [5, 5.41) is 10.7. The van der Waals surface area contributed by atoms with Gasteiger partial charge in [-0.05, 0) is 37.8 Å². The summed E-state index contributed by atoms with van der Waals surface area (Å²) in [6.07, 6.45) is 0. The molecule has 25 heavy (non-hydrogen) atoms. The lowest BCUT2D eigenvalue weighted by molar-refractivity contribution is -0.128. The van der Waals surface area contributed by atoms with Crippen molar-refractivity contribution in [2.45, 2.75) is 32.9 Å². The molecule has 0 bridgehead atoms. The first-order valence-electron chi connectivity index (χ1n) is 8.41. The third-order valence-corrected chi connectivity index (χ3v) is 4.76. The number of hydrogen-bond donors (Lipinski definition) is 3. The fourth-order valence-electron chi connectivity index (χ4n) is 2.48. The predicted molar refractivity (Wildman–Crippen MR) is 102 cm³/mol. The molecule has 3 N–H and O–H groups in total. The molecule has 0 aliphatic heterocycles. The molecular weight excluding hydrogens is 334 g/mol. The van der Waals surface area contributed by atoms with Crippen molar-refractivity contribution in [2.75, 3.05) is 13.1 Å². The zero-order valence-electron chi connectivity index (χ0n) is 14.8. The lowest BCUT2D eigenvalue weighted by Gasteiger charge is -2.19. The molecule has 0 aliphatic carbocycles. The van der Waals surface area contributed by atoms with Gasteiger partial charge in [-0.2, -0.15) is 0 Å². The largest absolute Gasteiger partial charge is 0.355 e. The second kappa shape index (κ2) is 9.34. The highest BCUT2D eigenvalue weighted by Gasteiger charge is 2.18. The molecule has 0 fully saturated rings. The highest BCUT2D eigenvalue weighted by Crippen LogP contribution is 2.26. The van der Waals surface area contributed by atoms with Crippen LogP contribution in [0.2, 0.25) is 0 Å². The van der Waals surface area contributed by atoms with Gasteiger partial charge in [0.25, 0.3) is 0 Å². The van der Waals surface area contributed by atoms with Gasteiger partial charge in [0.15, 0.2) is 0 Å². The number of rotatable bonds is 8. The van der Waals surface area contributed by atoms with Gasteiger partial charge in [-0.3, -0.25) is 14.9 Å². The predicted octanol–water partition coefficient (Wildman–Crippen LogP) is 2.38. The highest BCUT2D eigenvalue weighted by atomic mass is 32.1. The Balaban J connectivity index is 1.99. The van der Waals surface area contributed by atoms with Gasteiger partial charge in [0, 0.05) is 11.4 Å². The van der Waals surface area contributed by atoms with Crippen LogP contribution >= 0.6 is 11.3 Å². The molecule has 2 rings (SSSR count). The quantitative estimate of drug-likeness (QED) is 0.678. The van der Waals surface area contributed by atoms with Crippen LogP contribution < -0.4 is 16.0 Å². The molecule has 0 aliphatic rings. The summed E-state index contributed by atoms with van der Waals surface area (Å²) in [6, 6.07) is 11.7. The lowest BCUT2D eigenvalue weighted by atomic mass is 10.0. The van der Waals surface area contributed by atoms with Crippen molar-refractivity contribution in [3.05, 3.63) is 57.8 Å². The molecule has 2 aromatic rings. The minimum atomic E-state index is -0.547. The third kappa shape index (κ3) is 5.69. The van der Waals surface area contributed by atoms with Crippen LogP contribution in [-0.4, -0.2) is 30.9 Å². The van der Waals surface area contributed by atoms with E-state index in [0.29, 0.717) is 6.54 Å². The van der Waals surface area contributed by atoms with Crippen LogP contribution in [0.5, 0.6) is 0 Å². The summed E-state index contributed by atoms with van der Waals surface area (Å²) < 4.78 is 0. The fourth-order valence-corrected chi connectivity index (χ4v) is 3.30. The monoisotopic (exact) mass is 359 g/mol. The van der Waals surface area contributed by atoms with Crippen LogP contribution in [0.1, 0.15) is 35.9 Å². The lowest BCUT2D eigenvalue weighted by Crippen LogP contribution is -2.47. The van der Waals surface area contributed by atoms with Crippen LogP contribution in [0, 0.1) is 6.92 Å². The van der Waals surface area contributed by atoms with Gasteiger partial charge >= 0.3 is 0 Å². The Kier molecular flexibility index (Phi) is 7.16. The molecule has 5 nitrogen and oxygen atoms in total. The number of hydrogen-bond acceptors (Lipinski definition) is 4. The van der Waals surface area contributed by atoms with Crippen molar-refractivity contribution in [3.8, 4) is 0 Å². The molecule has 134 valence electrons. The van der Waals surface area contributed by atoms with Crippen LogP contribution in [-0.2, 0) is 9.59 Å². The Morgan fingerprint density at radius 3 is 2.48 bits per heavy atom. The Bertz CT molecular complexity index is 683. The molecule has 1 heterocycles. The average Bonchev–Trinajstić information content (AvgIpc) is 3.11. The minimum absolute atomic E-state index is 0.0499. The van der Waals surface area contributed by atoms with Gasteiger partial charge in [0.1, 0.15) is 6.04 Å². The normalized spacial score (nSPS) is 13.1. The van der Waals surface area contributed by atoms with Crippen LogP contribution in [0.15, 0.2) is 41.8 Å². The van der Waals surface area contributed by atoms with Gasteiger partial charge in [0.05, 0.1) is 12.6 Å². The molecule has 2 atom stereocenters. The summed E-state index contributed by atoms with van der Waals surface area (Å²) in [5.74, 6) is -0.378. The van der Waals surface area contributed by atoms with Gasteiger partial charge in [0.2, 0.25) is 11.8 Å². The number of aryl methyl sites for hydroxylation is 1. The Labute approximate surface area is 152 Å². The van der Waals surface area contributed by atoms with Crippen LogP contribution in [0.25, 0.3) is 0 Å². The van der Waals surface area contributed by atoms with Crippen LogP contribution in [0.4, 0.5) is 0 Å². The van der Waals surface area contributed by atoms with Crippen molar-refractivity contribution in [1.82, 2.24) is 16.0 Å². The molecule has 0 saturated heterocycles. The number of carbonyl (C=O) groups is 2. The average molecular weight is 359 g/mol. The van der Waals surface area contributed by atoms with E-state index < -0.39 is 6.04 Å². The summed E-state index contributed by atoms with van der Waals surface area (Å²) in [6.45, 7) is 6.26. The van der Waals surface area contributed by atoms with Crippen LogP contribution in [0.3, 0.4) is 0 Å². The Hall–Kier alpha value is -2.18. The molecule has 0 spiro atoms. The number of benzene rings is 1. The number of carbonyl (C=O) groups excluding carboxylic acids is 2. The molecule has 1 aromatic carbocycles. The van der Waals surface area contributed by atoms with E-state index in [1.54, 1.807) is 18.3 Å². The number of thiophene rings is 1. The van der Waals surface area contributed by atoms with Crippen molar-refractivity contribution < 1.29 is 9.59 Å². The maximum absolute atomic E-state index is 12.2. The maximum Gasteiger partial charge on any atom is 0.242 e. The van der Waals surface area contributed by atoms with E-state index in [4.69, 9.17) is 0 Å². The third-order valence-electron chi connectivity index (χ3n) is 3.83. The second-order valence-electron chi connectivity index (χ2n) is 5.92. The van der Waals surface area contributed by atoms with Gasteiger partial charge < -0.3 is 10.6 Å². The fraction of sp³-hybridized carbons (Fsp3) is 0.368. The highest BCUT2D eigenvalue weighted by molar-refractivity contribution is 7.10. The Morgan fingerprint density at radius 1 is 1.16 bits per heavy atom. The minimum Gasteiger partial charge on any atom is -0.355 e. The van der Waals surface area contributed by atoms with E-state index in [1.165, 1.54) is 5.56 Å². The number of nitrogens with one attached hydrogen (secondary N) is 3. The standard InChI is InChI=1S/C19H25N3O2S/c1-4-20-19(24)14(3)22-17(23)12-21-18(16-6-5-11-25-16)15-9-7-13(2)8-10-15/h5-11,14,18,21H,4,12H2,1-3H3,(H,20,24)(H,22,23)/t14-,18-/m1/s1. The first-order valence-corrected chi connectivity index (χ1v) is 9.29. The topological polar surface area (TPSA) is 70.2 Å². The zero-order chi connectivity index (χ0) is 18.2. The molecule has 1 aromatic heterocycles. The summed E-state index contributed by atoms with van der Waals surface area (Å²) >= 11 is 1.65. The van der Waals surface area contributed by atoms with E-state index in [1.807, 2.05) is 25.3 Å². The number of likely N-dealkylation sites (N-methyl/N-ethyl adjacent to an activating group) is 1. The van der Waals surface area contributed by atoms with E-state index in [-0.39, 0.29) is 24.4 Å². The molecule has 6 heteroatoms. The molecule has 2 amide bonds. The first kappa shape index (κ1) is 19.1. The van der Waals surface area contributed by atoms with Crippen molar-refractivity contribution in [3.63, 3.8) is 0 Å². The Morgan fingerprint density at radius 2 is 1.88 bits per heavy atom. The van der Waals surface area contributed by atoms with Gasteiger partial charge in [-0.15, -0.1) is 11.3 Å². The molecule has 0 radical (unpaired) electrons. The van der Waals surface area contributed by atoms with E-state index in [0.717, 1.165) is 10.4 Å². The second-order valence-corrected chi connectivity index (χ2v) is 6.90. The summed E-state index contributed by atoms with van der Waals surface area (Å²) in [7, 11) is 0. The van der Waals surface area contributed by atoms with Crippen molar-refractivity contribution in [2.24, 2.45) is 0 Å². The summed E-state index contributed by atoms with van der Waals surface area (Å²) in [4.78, 5) is 25.0. The maximum atomic E-state index is 12.2. The van der Waals surface area contributed by atoms with Crippen molar-refractivity contribution in [1.29, 1.82) is 0 Å². The number of amides is 2. The molecular formula is C19H25N3O2S. The van der Waals surface area contributed by atoms with E-state index >= 15 is 0 Å². The van der Waals surface area contributed by atoms with E-state index in [2.05, 4.69) is 46.3 Å². The summed E-state index contributed by atoms with van der Waals surface area (Å²) in [5.41, 5.74) is 2.31. The van der Waals surface area contributed by atoms with Gasteiger partial charge in [-0.25, -0.2) is 0 Å². The van der Waals surface area contributed by atoms with Gasteiger partial charge in [-0.1, -0.05) is 35.9 Å². The molecule has 0 saturated carbocycles.